The van der Waals surface area contributed by atoms with Gasteiger partial charge in [0, 0.05) is 25.8 Å². The SMILES string of the molecule is CC(C)C[C@H](NC(=O)[C@H](CCC(=O)O)NC(=O)[C@H](CO)NC(=O)[C@H](CC(C)C)NC(=O)[C@H](CCC(N)=O)NC(=O)[C@H](C)NC(=O)[C@H](CCC(=O)O)NC(=O)[C@@H](N)CC(C)C)C(=O)N[C@@H](CCCN=C(N)N)C(=O)O. The second-order valence-electron chi connectivity index (χ2n) is 19.0. The number of carbonyl (C=O) groups excluding carboxylic acids is 9. The van der Waals surface area contributed by atoms with Crippen molar-refractivity contribution in [2.45, 2.75) is 173 Å². The van der Waals surface area contributed by atoms with Crippen LogP contribution in [-0.2, 0) is 57.5 Å². The van der Waals surface area contributed by atoms with Crippen LogP contribution in [0, 0.1) is 17.8 Å². The van der Waals surface area contributed by atoms with Crippen LogP contribution >= 0.6 is 0 Å². The molecule has 0 rings (SSSR count). The van der Waals surface area contributed by atoms with E-state index in [2.05, 4.69) is 47.5 Å². The zero-order chi connectivity index (χ0) is 57.0. The molecule has 29 heteroatoms. The van der Waals surface area contributed by atoms with Crippen LogP contribution in [0.2, 0.25) is 0 Å². The molecule has 29 nitrogen and oxygen atoms in total. The number of nitrogens with two attached hydrogens (primary N) is 4. The third-order valence-electron chi connectivity index (χ3n) is 10.7. The van der Waals surface area contributed by atoms with Gasteiger partial charge in [-0.15, -0.1) is 0 Å². The summed E-state index contributed by atoms with van der Waals surface area (Å²) in [7, 11) is 0. The molecule has 420 valence electrons. The van der Waals surface area contributed by atoms with E-state index in [4.69, 9.17) is 22.9 Å². The number of rotatable bonds is 37. The molecule has 0 saturated heterocycles. The fourth-order valence-corrected chi connectivity index (χ4v) is 6.92. The van der Waals surface area contributed by atoms with Gasteiger partial charge in [0.05, 0.1) is 12.6 Å². The van der Waals surface area contributed by atoms with Crippen LogP contribution in [0.25, 0.3) is 0 Å². The van der Waals surface area contributed by atoms with E-state index in [-0.39, 0.29) is 68.8 Å². The van der Waals surface area contributed by atoms with Crippen molar-refractivity contribution in [2.24, 2.45) is 45.7 Å². The fraction of sp³-hybridized carbons (Fsp3) is 0.711. The van der Waals surface area contributed by atoms with Crippen molar-refractivity contribution in [2.75, 3.05) is 13.2 Å². The first-order valence-electron chi connectivity index (χ1n) is 24.2. The molecule has 0 bridgehead atoms. The summed E-state index contributed by atoms with van der Waals surface area (Å²) in [6.07, 6.45) is -2.89. The van der Waals surface area contributed by atoms with Gasteiger partial charge in [-0.25, -0.2) is 4.79 Å². The highest BCUT2D eigenvalue weighted by atomic mass is 16.4. The lowest BCUT2D eigenvalue weighted by molar-refractivity contribution is -0.142. The van der Waals surface area contributed by atoms with E-state index in [9.17, 15) is 78.0 Å². The Bertz CT molecular complexity index is 1980. The van der Waals surface area contributed by atoms with Crippen molar-refractivity contribution < 1.29 is 78.0 Å². The number of aliphatic carboxylic acids is 3. The van der Waals surface area contributed by atoms with Gasteiger partial charge in [-0.1, -0.05) is 41.5 Å². The van der Waals surface area contributed by atoms with E-state index in [1.807, 2.05) is 13.8 Å². The largest absolute Gasteiger partial charge is 0.481 e. The number of primary amides is 1. The number of aliphatic imine (C=N–C) groups is 1. The minimum absolute atomic E-state index is 0.00706. The lowest BCUT2D eigenvalue weighted by Crippen LogP contribution is -2.61. The van der Waals surface area contributed by atoms with Crippen LogP contribution < -0.4 is 65.5 Å². The Morgan fingerprint density at radius 3 is 1.18 bits per heavy atom. The van der Waals surface area contributed by atoms with Crippen LogP contribution in [0.5, 0.6) is 0 Å². The maximum absolute atomic E-state index is 13.8. The van der Waals surface area contributed by atoms with Gasteiger partial charge in [0.2, 0.25) is 53.2 Å². The minimum Gasteiger partial charge on any atom is -0.481 e. The molecule has 0 spiro atoms. The molecule has 20 N–H and O–H groups in total. The number of hydrogen-bond donors (Lipinski definition) is 16. The van der Waals surface area contributed by atoms with Crippen molar-refractivity contribution in [3.8, 4) is 0 Å². The van der Waals surface area contributed by atoms with Crippen molar-refractivity contribution in [1.29, 1.82) is 0 Å². The predicted octanol–water partition coefficient (Wildman–Crippen LogP) is -4.52. The summed E-state index contributed by atoms with van der Waals surface area (Å²) in [5, 5.41) is 57.5. The average Bonchev–Trinajstić information content (AvgIpc) is 3.28. The van der Waals surface area contributed by atoms with Crippen LogP contribution in [0.3, 0.4) is 0 Å². The highest BCUT2D eigenvalue weighted by Gasteiger charge is 2.35. The maximum Gasteiger partial charge on any atom is 0.326 e. The molecule has 0 aliphatic carbocycles. The molecule has 0 fully saturated rings. The van der Waals surface area contributed by atoms with Gasteiger partial charge in [-0.2, -0.15) is 0 Å². The van der Waals surface area contributed by atoms with Gasteiger partial charge in [0.15, 0.2) is 5.96 Å². The molecule has 74 heavy (non-hydrogen) atoms. The lowest BCUT2D eigenvalue weighted by atomic mass is 10.0. The van der Waals surface area contributed by atoms with E-state index in [0.717, 1.165) is 0 Å². The summed E-state index contributed by atoms with van der Waals surface area (Å²) in [5.74, 6) is -13.7. The summed E-state index contributed by atoms with van der Waals surface area (Å²) in [5.41, 5.74) is 21.9. The van der Waals surface area contributed by atoms with Gasteiger partial charge in [0.1, 0.15) is 48.3 Å². The number of aliphatic hydroxyl groups is 1. The van der Waals surface area contributed by atoms with Crippen molar-refractivity contribution >= 4 is 77.0 Å². The quantitative estimate of drug-likeness (QED) is 0.0158. The molecular formula is C45H79N13O16. The third-order valence-corrected chi connectivity index (χ3v) is 10.7. The molecule has 0 heterocycles. The Kier molecular flexibility index (Phi) is 31.0. The number of amides is 9. The number of aliphatic hydroxyl groups excluding tert-OH is 1. The van der Waals surface area contributed by atoms with Crippen LogP contribution in [0.1, 0.15) is 119 Å². The third kappa shape index (κ3) is 28.2. The number of guanidine groups is 1. The monoisotopic (exact) mass is 1060 g/mol. The van der Waals surface area contributed by atoms with Crippen LogP contribution in [-0.4, -0.2) is 165 Å². The number of nitrogens with zero attached hydrogens (tertiary/aromatic N) is 1. The van der Waals surface area contributed by atoms with Gasteiger partial charge >= 0.3 is 17.9 Å². The average molecular weight is 1060 g/mol. The molecule has 9 atom stereocenters. The van der Waals surface area contributed by atoms with E-state index in [1.54, 1.807) is 27.7 Å². The van der Waals surface area contributed by atoms with Gasteiger partial charge in [-0.3, -0.25) is 57.7 Å². The molecule has 0 aromatic rings. The van der Waals surface area contributed by atoms with E-state index in [0.29, 0.717) is 0 Å². The van der Waals surface area contributed by atoms with Crippen molar-refractivity contribution in [3.63, 3.8) is 0 Å². The molecule has 0 aliphatic rings. The zero-order valence-electron chi connectivity index (χ0n) is 43.1. The molecule has 0 aromatic carbocycles. The Labute approximate surface area is 429 Å². The smallest absolute Gasteiger partial charge is 0.326 e. The summed E-state index contributed by atoms with van der Waals surface area (Å²) >= 11 is 0. The number of nitrogens with one attached hydrogen (secondary N) is 8. The molecule has 0 radical (unpaired) electrons. The van der Waals surface area contributed by atoms with Crippen LogP contribution in [0.15, 0.2) is 4.99 Å². The molecule has 0 unspecified atom stereocenters. The number of hydrogen-bond acceptors (Lipinski definition) is 15. The minimum atomic E-state index is -1.84. The van der Waals surface area contributed by atoms with Gasteiger partial charge in [0.25, 0.3) is 0 Å². The maximum atomic E-state index is 13.8. The molecule has 0 saturated carbocycles. The summed E-state index contributed by atoms with van der Waals surface area (Å²) < 4.78 is 0. The zero-order valence-corrected chi connectivity index (χ0v) is 43.1. The first-order chi connectivity index (χ1) is 34.4. The van der Waals surface area contributed by atoms with Gasteiger partial charge < -0.3 is 85.9 Å². The molecule has 0 aromatic heterocycles. The van der Waals surface area contributed by atoms with Crippen LogP contribution in [0.4, 0.5) is 0 Å². The van der Waals surface area contributed by atoms with Crippen molar-refractivity contribution in [3.05, 3.63) is 0 Å². The van der Waals surface area contributed by atoms with E-state index in [1.165, 1.54) is 6.92 Å². The Morgan fingerprint density at radius 2 is 0.784 bits per heavy atom. The Hall–Kier alpha value is -7.17. The first kappa shape index (κ1) is 66.8. The normalized spacial score (nSPS) is 14.8. The van der Waals surface area contributed by atoms with E-state index >= 15 is 0 Å². The Morgan fingerprint density at radius 1 is 0.432 bits per heavy atom. The standard InChI is InChI=1S/C45H79N13O16/c1-21(2)17-25(46)37(66)53-27(11-14-34(61)62)38(67)51-24(7)36(65)52-26(10-13-33(47)60)39(68)57-31(19-23(5)6)42(71)58-32(20-59)43(72)54-28(12-15-35(63)64)40(69)56-30(18-22(3)4)41(70)55-29(44(73)74)9-8-16-50-45(48)49/h21-32,59H,8-20,46H2,1-7H3,(H2,47,60)(H,51,67)(H,52,65)(H,53,66)(H,54,72)(H,55,70)(H,56,69)(H,57,68)(H,58,71)(H,61,62)(H,63,64)(H,73,74)(H4,48,49,50)/t24-,25-,26-,27-,28-,29-,30-,31-,32-/m0/s1. The predicted molar refractivity (Wildman–Crippen MR) is 264 cm³/mol. The molecular weight excluding hydrogens is 979 g/mol. The Balaban J connectivity index is 6.41. The highest BCUT2D eigenvalue weighted by Crippen LogP contribution is 2.12. The number of carbonyl (C=O) groups is 12. The molecule has 0 aliphatic heterocycles. The second kappa shape index (κ2) is 34.3. The lowest BCUT2D eigenvalue weighted by Gasteiger charge is -2.28. The van der Waals surface area contributed by atoms with Gasteiger partial charge in [-0.05, 0) is 76.0 Å². The number of carboxylic acids is 3. The summed E-state index contributed by atoms with van der Waals surface area (Å²) in [6.45, 7) is 10.5. The molecule has 9 amide bonds. The number of carboxylic acid groups (broad SMARTS) is 3. The fourth-order valence-electron chi connectivity index (χ4n) is 6.92. The second-order valence-corrected chi connectivity index (χ2v) is 19.0. The topological polar surface area (TPSA) is 498 Å². The summed E-state index contributed by atoms with van der Waals surface area (Å²) in [6, 6.07) is -13.4. The first-order valence-corrected chi connectivity index (χ1v) is 24.2. The summed E-state index contributed by atoms with van der Waals surface area (Å²) in [4.78, 5) is 158. The highest BCUT2D eigenvalue weighted by molar-refractivity contribution is 5.98. The van der Waals surface area contributed by atoms with E-state index < -0.39 is 164 Å². The van der Waals surface area contributed by atoms with Crippen molar-refractivity contribution in [1.82, 2.24) is 42.5 Å².